The minimum absolute atomic E-state index is 0.177. The van der Waals surface area contributed by atoms with Crippen LogP contribution in [0.3, 0.4) is 0 Å². The van der Waals surface area contributed by atoms with Crippen molar-refractivity contribution in [3.8, 4) is 0 Å². The molecule has 1 heterocycles. The van der Waals surface area contributed by atoms with E-state index in [1.54, 1.807) is 0 Å². The van der Waals surface area contributed by atoms with Gasteiger partial charge in [0, 0.05) is 13.1 Å². The molecular formula is C14H26N2O2. The van der Waals surface area contributed by atoms with E-state index in [0.717, 1.165) is 38.4 Å². The highest BCUT2D eigenvalue weighted by Gasteiger charge is 2.46. The molecule has 0 aromatic rings. The molecule has 1 amide bonds. The minimum atomic E-state index is -0.407. The fourth-order valence-electron chi connectivity index (χ4n) is 2.94. The monoisotopic (exact) mass is 254 g/mol. The third-order valence-electron chi connectivity index (χ3n) is 4.26. The summed E-state index contributed by atoms with van der Waals surface area (Å²) in [5.41, 5.74) is 5.87. The van der Waals surface area contributed by atoms with E-state index in [4.69, 9.17) is 10.5 Å². The number of piperidine rings is 1. The van der Waals surface area contributed by atoms with Crippen LogP contribution in [0.1, 0.15) is 46.5 Å². The first kappa shape index (κ1) is 13.7. The quantitative estimate of drug-likeness (QED) is 0.823. The molecule has 2 rings (SSSR count). The molecule has 0 atom stereocenters. The summed E-state index contributed by atoms with van der Waals surface area (Å²) < 4.78 is 5.41. The number of nitrogens with two attached hydrogens (primary N) is 1. The van der Waals surface area contributed by atoms with E-state index in [1.807, 2.05) is 25.7 Å². The van der Waals surface area contributed by atoms with Crippen molar-refractivity contribution in [2.75, 3.05) is 19.6 Å². The summed E-state index contributed by atoms with van der Waals surface area (Å²) in [6.07, 6.45) is 4.54. The van der Waals surface area contributed by atoms with Crippen molar-refractivity contribution in [3.63, 3.8) is 0 Å². The highest BCUT2D eigenvalue weighted by molar-refractivity contribution is 5.68. The SMILES string of the molecule is CC(C)(C)OC(=O)N1CCC(CN)(C2CC2)CC1. The van der Waals surface area contributed by atoms with E-state index >= 15 is 0 Å². The molecule has 18 heavy (non-hydrogen) atoms. The van der Waals surface area contributed by atoms with Crippen molar-refractivity contribution in [3.05, 3.63) is 0 Å². The van der Waals surface area contributed by atoms with Gasteiger partial charge in [0.25, 0.3) is 0 Å². The number of hydrogen-bond acceptors (Lipinski definition) is 3. The van der Waals surface area contributed by atoms with Gasteiger partial charge < -0.3 is 15.4 Å². The van der Waals surface area contributed by atoms with E-state index in [9.17, 15) is 4.79 Å². The zero-order valence-electron chi connectivity index (χ0n) is 11.9. The van der Waals surface area contributed by atoms with Gasteiger partial charge in [-0.3, -0.25) is 0 Å². The second-order valence-electron chi connectivity index (χ2n) is 6.81. The normalized spacial score (nSPS) is 23.9. The first-order valence-corrected chi connectivity index (χ1v) is 7.04. The van der Waals surface area contributed by atoms with Crippen LogP contribution in [0, 0.1) is 11.3 Å². The maximum Gasteiger partial charge on any atom is 0.410 e. The Kier molecular flexibility index (Phi) is 3.58. The first-order valence-electron chi connectivity index (χ1n) is 7.04. The fraction of sp³-hybridized carbons (Fsp3) is 0.929. The Hall–Kier alpha value is -0.770. The summed E-state index contributed by atoms with van der Waals surface area (Å²) in [5.74, 6) is 0.809. The lowest BCUT2D eigenvalue weighted by atomic mass is 9.74. The molecule has 1 aliphatic carbocycles. The average molecular weight is 254 g/mol. The van der Waals surface area contributed by atoms with Gasteiger partial charge >= 0.3 is 6.09 Å². The van der Waals surface area contributed by atoms with Crippen LogP contribution in [0.5, 0.6) is 0 Å². The Labute approximate surface area is 110 Å². The highest BCUT2D eigenvalue weighted by atomic mass is 16.6. The van der Waals surface area contributed by atoms with Crippen molar-refractivity contribution in [2.45, 2.75) is 52.1 Å². The zero-order chi connectivity index (χ0) is 13.4. The third-order valence-corrected chi connectivity index (χ3v) is 4.26. The molecule has 1 saturated heterocycles. The summed E-state index contributed by atoms with van der Waals surface area (Å²) >= 11 is 0. The number of amides is 1. The van der Waals surface area contributed by atoms with Gasteiger partial charge in [0.1, 0.15) is 5.60 Å². The smallest absolute Gasteiger partial charge is 0.410 e. The number of likely N-dealkylation sites (tertiary alicyclic amines) is 1. The summed E-state index contributed by atoms with van der Waals surface area (Å²) in [7, 11) is 0. The second kappa shape index (κ2) is 4.72. The molecule has 1 aliphatic heterocycles. The predicted octanol–water partition coefficient (Wildman–Crippen LogP) is 2.37. The topological polar surface area (TPSA) is 55.6 Å². The molecule has 0 aromatic carbocycles. The molecule has 4 nitrogen and oxygen atoms in total. The van der Waals surface area contributed by atoms with Crippen molar-refractivity contribution >= 4 is 6.09 Å². The molecule has 1 saturated carbocycles. The van der Waals surface area contributed by atoms with Gasteiger partial charge in [-0.15, -0.1) is 0 Å². The Balaban J connectivity index is 1.88. The fourth-order valence-corrected chi connectivity index (χ4v) is 2.94. The zero-order valence-corrected chi connectivity index (χ0v) is 11.9. The number of hydrogen-bond donors (Lipinski definition) is 1. The van der Waals surface area contributed by atoms with Gasteiger partial charge in [0.15, 0.2) is 0 Å². The molecule has 0 bridgehead atoms. The summed E-state index contributed by atoms with van der Waals surface area (Å²) in [4.78, 5) is 13.8. The molecule has 0 radical (unpaired) electrons. The largest absolute Gasteiger partial charge is 0.444 e. The molecule has 0 spiro atoms. The van der Waals surface area contributed by atoms with E-state index in [0.29, 0.717) is 5.41 Å². The molecule has 4 heteroatoms. The molecular weight excluding hydrogens is 228 g/mol. The maximum absolute atomic E-state index is 12.0. The molecule has 2 N–H and O–H groups in total. The van der Waals surface area contributed by atoms with E-state index < -0.39 is 5.60 Å². The van der Waals surface area contributed by atoms with Gasteiger partial charge in [0.05, 0.1) is 0 Å². The summed E-state index contributed by atoms with van der Waals surface area (Å²) in [6, 6.07) is 0. The average Bonchev–Trinajstić information content (AvgIpc) is 3.11. The van der Waals surface area contributed by atoms with Gasteiger partial charge in [-0.2, -0.15) is 0 Å². The Morgan fingerprint density at radius 2 is 1.89 bits per heavy atom. The van der Waals surface area contributed by atoms with E-state index in [2.05, 4.69) is 0 Å². The summed E-state index contributed by atoms with van der Waals surface area (Å²) in [5, 5.41) is 0. The van der Waals surface area contributed by atoms with Crippen molar-refractivity contribution < 1.29 is 9.53 Å². The van der Waals surface area contributed by atoms with Crippen LogP contribution >= 0.6 is 0 Å². The molecule has 2 aliphatic rings. The Morgan fingerprint density at radius 3 is 2.28 bits per heavy atom. The number of carbonyl (C=O) groups is 1. The third kappa shape index (κ3) is 2.97. The van der Waals surface area contributed by atoms with Crippen LogP contribution in [0.2, 0.25) is 0 Å². The lowest BCUT2D eigenvalue weighted by molar-refractivity contribution is 0.00808. The van der Waals surface area contributed by atoms with Crippen molar-refractivity contribution in [1.29, 1.82) is 0 Å². The number of rotatable bonds is 2. The molecule has 0 unspecified atom stereocenters. The Bertz CT molecular complexity index is 310. The van der Waals surface area contributed by atoms with Crippen LogP contribution in [-0.2, 0) is 4.74 Å². The minimum Gasteiger partial charge on any atom is -0.444 e. The molecule has 104 valence electrons. The van der Waals surface area contributed by atoms with Crippen LogP contribution in [-0.4, -0.2) is 36.2 Å². The van der Waals surface area contributed by atoms with E-state index in [-0.39, 0.29) is 6.09 Å². The van der Waals surface area contributed by atoms with Crippen molar-refractivity contribution in [1.82, 2.24) is 4.90 Å². The van der Waals surface area contributed by atoms with Gasteiger partial charge in [0.2, 0.25) is 0 Å². The van der Waals surface area contributed by atoms with Gasteiger partial charge in [-0.1, -0.05) is 0 Å². The standard InChI is InChI=1S/C14H26N2O2/c1-13(2,3)18-12(17)16-8-6-14(10-15,7-9-16)11-4-5-11/h11H,4-10,15H2,1-3H3. The maximum atomic E-state index is 12.0. The van der Waals surface area contributed by atoms with Crippen LogP contribution < -0.4 is 5.73 Å². The van der Waals surface area contributed by atoms with Gasteiger partial charge in [-0.25, -0.2) is 4.79 Å². The lowest BCUT2D eigenvalue weighted by Gasteiger charge is -2.41. The van der Waals surface area contributed by atoms with E-state index in [1.165, 1.54) is 12.8 Å². The number of nitrogens with zero attached hydrogens (tertiary/aromatic N) is 1. The summed E-state index contributed by atoms with van der Waals surface area (Å²) in [6.45, 7) is 8.07. The lowest BCUT2D eigenvalue weighted by Crippen LogP contribution is -2.48. The number of carbonyl (C=O) groups excluding carboxylic acids is 1. The highest BCUT2D eigenvalue weighted by Crippen LogP contribution is 2.50. The van der Waals surface area contributed by atoms with Gasteiger partial charge in [-0.05, 0) is 64.3 Å². The van der Waals surface area contributed by atoms with Crippen LogP contribution in [0.25, 0.3) is 0 Å². The first-order chi connectivity index (χ1) is 8.36. The van der Waals surface area contributed by atoms with Crippen LogP contribution in [0.15, 0.2) is 0 Å². The van der Waals surface area contributed by atoms with Crippen molar-refractivity contribution in [2.24, 2.45) is 17.1 Å². The van der Waals surface area contributed by atoms with Crippen LogP contribution in [0.4, 0.5) is 4.79 Å². The predicted molar refractivity (Wildman–Crippen MR) is 71.3 cm³/mol. The molecule has 0 aromatic heterocycles. The second-order valence-corrected chi connectivity index (χ2v) is 6.81. The number of ether oxygens (including phenoxy) is 1. The molecule has 2 fully saturated rings. The Morgan fingerprint density at radius 1 is 1.33 bits per heavy atom.